The number of rotatable bonds is 8. The summed E-state index contributed by atoms with van der Waals surface area (Å²) in [5.74, 6) is 1.77. The normalized spacial score (nSPS) is 17.5. The fraction of sp³-hybridized carbons (Fsp3) is 0.650. The van der Waals surface area contributed by atoms with Crippen LogP contribution in [0.2, 0.25) is 0 Å². The molecule has 1 aromatic carbocycles. The van der Waals surface area contributed by atoms with E-state index in [-0.39, 0.29) is 41.2 Å². The second kappa shape index (κ2) is 11.2. The predicted molar refractivity (Wildman–Crippen MR) is 127 cm³/mol. The van der Waals surface area contributed by atoms with Crippen LogP contribution < -0.4 is 15.4 Å². The molecule has 1 atom stereocenters. The van der Waals surface area contributed by atoms with Crippen LogP contribution in [-0.4, -0.2) is 53.1 Å². The highest BCUT2D eigenvalue weighted by Crippen LogP contribution is 2.41. The highest BCUT2D eigenvalue weighted by Gasteiger charge is 2.36. The number of hydrogen-bond acceptors (Lipinski definition) is 4. The van der Waals surface area contributed by atoms with E-state index in [4.69, 9.17) is 4.74 Å². The standard InChI is InChI=1S/C20H33N3O3S.HI/c1-16(10-13-27(4,24)25)23-19(21-2)22-15-20(11-5-6-12-20)17-8-7-9-18(14-17)26-3;/h7-9,14,16H,5-6,10-13,15H2,1-4H3,(H2,21,22,23);1H. The molecule has 0 spiro atoms. The summed E-state index contributed by atoms with van der Waals surface area (Å²) in [6.45, 7) is 2.77. The Kier molecular flexibility index (Phi) is 10.0. The maximum atomic E-state index is 11.4. The highest BCUT2D eigenvalue weighted by atomic mass is 127. The van der Waals surface area contributed by atoms with Gasteiger partial charge in [-0.2, -0.15) is 0 Å². The van der Waals surface area contributed by atoms with Crippen molar-refractivity contribution in [1.29, 1.82) is 0 Å². The largest absolute Gasteiger partial charge is 0.497 e. The third kappa shape index (κ3) is 7.42. The summed E-state index contributed by atoms with van der Waals surface area (Å²) in [6.07, 6.45) is 6.53. The molecule has 0 radical (unpaired) electrons. The lowest BCUT2D eigenvalue weighted by atomic mass is 9.78. The maximum absolute atomic E-state index is 11.4. The van der Waals surface area contributed by atoms with Gasteiger partial charge in [0, 0.05) is 31.3 Å². The van der Waals surface area contributed by atoms with Crippen LogP contribution in [-0.2, 0) is 15.3 Å². The van der Waals surface area contributed by atoms with Gasteiger partial charge in [0.15, 0.2) is 5.96 Å². The highest BCUT2D eigenvalue weighted by molar-refractivity contribution is 14.0. The van der Waals surface area contributed by atoms with E-state index in [1.165, 1.54) is 24.7 Å². The van der Waals surface area contributed by atoms with Gasteiger partial charge in [0.05, 0.1) is 12.9 Å². The van der Waals surface area contributed by atoms with Gasteiger partial charge in [-0.1, -0.05) is 25.0 Å². The van der Waals surface area contributed by atoms with Gasteiger partial charge in [-0.3, -0.25) is 4.99 Å². The van der Waals surface area contributed by atoms with Crippen molar-refractivity contribution in [2.24, 2.45) is 4.99 Å². The Labute approximate surface area is 186 Å². The molecule has 0 aromatic heterocycles. The number of benzene rings is 1. The van der Waals surface area contributed by atoms with Crippen molar-refractivity contribution in [2.75, 3.05) is 32.7 Å². The first kappa shape index (κ1) is 25.0. The summed E-state index contributed by atoms with van der Waals surface area (Å²) in [5, 5.41) is 6.77. The molecule has 2 rings (SSSR count). The molecular weight excluding hydrogens is 489 g/mol. The Bertz CT molecular complexity index is 747. The lowest BCUT2D eigenvalue weighted by Crippen LogP contribution is -2.47. The fourth-order valence-corrected chi connectivity index (χ4v) is 4.50. The van der Waals surface area contributed by atoms with E-state index in [0.717, 1.165) is 25.1 Å². The van der Waals surface area contributed by atoms with E-state index in [1.54, 1.807) is 14.2 Å². The van der Waals surface area contributed by atoms with Gasteiger partial charge in [-0.05, 0) is 43.9 Å². The second-order valence-corrected chi connectivity index (χ2v) is 9.87. The Hall–Kier alpha value is -1.03. The molecule has 0 aliphatic heterocycles. The monoisotopic (exact) mass is 523 g/mol. The summed E-state index contributed by atoms with van der Waals surface area (Å²) in [7, 11) is 0.487. The fourth-order valence-electron chi connectivity index (χ4n) is 3.72. The third-order valence-corrected chi connectivity index (χ3v) is 6.34. The summed E-state index contributed by atoms with van der Waals surface area (Å²) in [4.78, 5) is 4.31. The predicted octanol–water partition coefficient (Wildman–Crippen LogP) is 3.11. The number of ether oxygens (including phenoxy) is 1. The minimum Gasteiger partial charge on any atom is -0.497 e. The average Bonchev–Trinajstić information content (AvgIpc) is 3.13. The topological polar surface area (TPSA) is 79.8 Å². The number of aliphatic imine (C=N–C) groups is 1. The zero-order valence-corrected chi connectivity index (χ0v) is 20.5. The number of hydrogen-bond donors (Lipinski definition) is 2. The van der Waals surface area contributed by atoms with Crippen LogP contribution in [0.15, 0.2) is 29.3 Å². The molecule has 0 saturated heterocycles. The lowest BCUT2D eigenvalue weighted by molar-refractivity contribution is 0.403. The van der Waals surface area contributed by atoms with E-state index in [1.807, 2.05) is 13.0 Å². The summed E-state index contributed by atoms with van der Waals surface area (Å²) in [6, 6.07) is 8.37. The van der Waals surface area contributed by atoms with Crippen molar-refractivity contribution in [2.45, 2.75) is 50.5 Å². The summed E-state index contributed by atoms with van der Waals surface area (Å²) >= 11 is 0. The van der Waals surface area contributed by atoms with Crippen LogP contribution in [0.3, 0.4) is 0 Å². The van der Waals surface area contributed by atoms with Gasteiger partial charge in [0.2, 0.25) is 0 Å². The van der Waals surface area contributed by atoms with Gasteiger partial charge >= 0.3 is 0 Å². The quantitative estimate of drug-likeness (QED) is 0.311. The molecule has 160 valence electrons. The van der Waals surface area contributed by atoms with Crippen molar-refractivity contribution in [3.8, 4) is 5.75 Å². The minimum absolute atomic E-state index is 0. The number of guanidine groups is 1. The third-order valence-electron chi connectivity index (χ3n) is 5.37. The number of halogens is 1. The zero-order valence-electron chi connectivity index (χ0n) is 17.3. The average molecular weight is 523 g/mol. The van der Waals surface area contributed by atoms with Crippen molar-refractivity contribution >= 4 is 39.8 Å². The van der Waals surface area contributed by atoms with Gasteiger partial charge in [-0.25, -0.2) is 8.42 Å². The van der Waals surface area contributed by atoms with Crippen LogP contribution in [0.25, 0.3) is 0 Å². The van der Waals surface area contributed by atoms with E-state index < -0.39 is 9.84 Å². The first-order valence-electron chi connectivity index (χ1n) is 9.57. The Morgan fingerprint density at radius 1 is 1.32 bits per heavy atom. The molecule has 1 unspecified atom stereocenters. The smallest absolute Gasteiger partial charge is 0.191 e. The molecule has 1 saturated carbocycles. The van der Waals surface area contributed by atoms with Gasteiger partial charge in [0.1, 0.15) is 15.6 Å². The molecule has 1 fully saturated rings. The molecule has 1 aliphatic rings. The SMILES string of the molecule is CN=C(NCC1(c2cccc(OC)c2)CCCC1)NC(C)CCS(C)(=O)=O.I. The molecule has 2 N–H and O–H groups in total. The minimum atomic E-state index is -2.95. The van der Waals surface area contributed by atoms with E-state index in [2.05, 4.69) is 33.8 Å². The van der Waals surface area contributed by atoms with Crippen LogP contribution in [0.1, 0.15) is 44.6 Å². The molecule has 28 heavy (non-hydrogen) atoms. The first-order chi connectivity index (χ1) is 12.8. The molecule has 0 heterocycles. The van der Waals surface area contributed by atoms with Gasteiger partial charge in [0.25, 0.3) is 0 Å². The number of methoxy groups -OCH3 is 1. The van der Waals surface area contributed by atoms with Crippen LogP contribution in [0.4, 0.5) is 0 Å². The summed E-state index contributed by atoms with van der Waals surface area (Å²) in [5.41, 5.74) is 1.37. The van der Waals surface area contributed by atoms with Crippen molar-refractivity contribution in [1.82, 2.24) is 10.6 Å². The van der Waals surface area contributed by atoms with Crippen molar-refractivity contribution in [3.63, 3.8) is 0 Å². The van der Waals surface area contributed by atoms with Crippen molar-refractivity contribution < 1.29 is 13.2 Å². The zero-order chi connectivity index (χ0) is 19.9. The number of sulfone groups is 1. The lowest BCUT2D eigenvalue weighted by Gasteiger charge is -2.31. The van der Waals surface area contributed by atoms with Crippen molar-refractivity contribution in [3.05, 3.63) is 29.8 Å². The number of nitrogens with zero attached hydrogens (tertiary/aromatic N) is 1. The Morgan fingerprint density at radius 2 is 2.00 bits per heavy atom. The van der Waals surface area contributed by atoms with E-state index >= 15 is 0 Å². The van der Waals surface area contributed by atoms with Crippen LogP contribution in [0.5, 0.6) is 5.75 Å². The molecule has 6 nitrogen and oxygen atoms in total. The van der Waals surface area contributed by atoms with Gasteiger partial charge < -0.3 is 15.4 Å². The molecule has 1 aromatic rings. The summed E-state index contributed by atoms with van der Waals surface area (Å²) < 4.78 is 28.1. The molecular formula is C20H34IN3O3S. The van der Waals surface area contributed by atoms with Gasteiger partial charge in [-0.15, -0.1) is 24.0 Å². The van der Waals surface area contributed by atoms with Crippen LogP contribution in [0, 0.1) is 0 Å². The van der Waals surface area contributed by atoms with E-state index in [9.17, 15) is 8.42 Å². The first-order valence-corrected chi connectivity index (χ1v) is 11.6. The Balaban J connectivity index is 0.00000392. The maximum Gasteiger partial charge on any atom is 0.191 e. The second-order valence-electron chi connectivity index (χ2n) is 7.61. The molecule has 0 amide bonds. The Morgan fingerprint density at radius 3 is 2.57 bits per heavy atom. The van der Waals surface area contributed by atoms with Crippen LogP contribution >= 0.6 is 24.0 Å². The molecule has 1 aliphatic carbocycles. The molecule has 0 bridgehead atoms. The number of nitrogens with one attached hydrogen (secondary N) is 2. The van der Waals surface area contributed by atoms with E-state index in [0.29, 0.717) is 12.4 Å². The molecule has 8 heteroatoms.